The van der Waals surface area contributed by atoms with Crippen molar-refractivity contribution in [3.05, 3.63) is 35.9 Å². The molecule has 0 aromatic heterocycles. The molecule has 1 fully saturated rings. The Balaban J connectivity index is 1.80. The number of amides is 2. The number of thioether (sulfide) groups is 1. The molecule has 0 bridgehead atoms. The number of imide groups is 1. The summed E-state index contributed by atoms with van der Waals surface area (Å²) in [4.78, 5) is 36.9. The Kier molecular flexibility index (Phi) is 5.77. The summed E-state index contributed by atoms with van der Waals surface area (Å²) in [5.41, 5.74) is 0.871. The van der Waals surface area contributed by atoms with E-state index >= 15 is 0 Å². The predicted molar refractivity (Wildman–Crippen MR) is 84.2 cm³/mol. The van der Waals surface area contributed by atoms with Gasteiger partial charge in [0.2, 0.25) is 5.91 Å². The summed E-state index contributed by atoms with van der Waals surface area (Å²) in [6.07, 6.45) is 5.94. The SMILES string of the molecule is CSc1ccc(/C=C/C(=O)OCC(=O)N2CCCC2=O)cc1. The molecule has 0 N–H and O–H groups in total. The van der Waals surface area contributed by atoms with Gasteiger partial charge in [0.25, 0.3) is 5.91 Å². The van der Waals surface area contributed by atoms with Crippen molar-refractivity contribution in [1.82, 2.24) is 4.90 Å². The molecule has 1 aliphatic rings. The van der Waals surface area contributed by atoms with Gasteiger partial charge in [0.1, 0.15) is 0 Å². The second-order valence-electron chi connectivity index (χ2n) is 4.76. The molecule has 5 nitrogen and oxygen atoms in total. The van der Waals surface area contributed by atoms with Gasteiger partial charge in [-0.05, 0) is 36.4 Å². The predicted octanol–water partition coefficient (Wildman–Crippen LogP) is 2.11. The molecule has 0 atom stereocenters. The van der Waals surface area contributed by atoms with Crippen LogP contribution in [0.25, 0.3) is 6.08 Å². The zero-order valence-electron chi connectivity index (χ0n) is 12.3. The number of carbonyl (C=O) groups is 3. The van der Waals surface area contributed by atoms with E-state index in [2.05, 4.69) is 0 Å². The van der Waals surface area contributed by atoms with Crippen LogP contribution in [0, 0.1) is 0 Å². The lowest BCUT2D eigenvalue weighted by Crippen LogP contribution is -2.35. The molecule has 0 saturated carbocycles. The van der Waals surface area contributed by atoms with E-state index in [4.69, 9.17) is 4.74 Å². The molecule has 1 aliphatic heterocycles. The fourth-order valence-corrected chi connectivity index (χ4v) is 2.46. The summed E-state index contributed by atoms with van der Waals surface area (Å²) in [5, 5.41) is 0. The zero-order chi connectivity index (χ0) is 15.9. The molecule has 0 spiro atoms. The van der Waals surface area contributed by atoms with Gasteiger partial charge in [-0.15, -0.1) is 11.8 Å². The van der Waals surface area contributed by atoms with Gasteiger partial charge in [-0.2, -0.15) is 0 Å². The van der Waals surface area contributed by atoms with Crippen molar-refractivity contribution in [3.63, 3.8) is 0 Å². The van der Waals surface area contributed by atoms with E-state index in [1.165, 1.54) is 6.08 Å². The Labute approximate surface area is 133 Å². The molecular weight excluding hydrogens is 302 g/mol. The van der Waals surface area contributed by atoms with Gasteiger partial charge < -0.3 is 4.74 Å². The van der Waals surface area contributed by atoms with Crippen LogP contribution < -0.4 is 0 Å². The molecular formula is C16H17NO4S. The van der Waals surface area contributed by atoms with Gasteiger partial charge in [-0.1, -0.05) is 12.1 Å². The van der Waals surface area contributed by atoms with Crippen LogP contribution in [0.15, 0.2) is 35.2 Å². The maximum atomic E-state index is 11.7. The second kappa shape index (κ2) is 7.79. The molecule has 6 heteroatoms. The number of rotatable bonds is 5. The highest BCUT2D eigenvalue weighted by Gasteiger charge is 2.26. The maximum Gasteiger partial charge on any atom is 0.331 e. The summed E-state index contributed by atoms with van der Waals surface area (Å²) in [6.45, 7) is 0.00711. The molecule has 0 unspecified atom stereocenters. The van der Waals surface area contributed by atoms with Gasteiger partial charge in [0, 0.05) is 23.9 Å². The lowest BCUT2D eigenvalue weighted by molar-refractivity contribution is -0.151. The highest BCUT2D eigenvalue weighted by molar-refractivity contribution is 7.98. The lowest BCUT2D eigenvalue weighted by Gasteiger charge is -2.12. The zero-order valence-corrected chi connectivity index (χ0v) is 13.1. The van der Waals surface area contributed by atoms with Crippen molar-refractivity contribution in [2.24, 2.45) is 0 Å². The summed E-state index contributed by atoms with van der Waals surface area (Å²) in [6, 6.07) is 7.70. The van der Waals surface area contributed by atoms with Gasteiger partial charge in [0.15, 0.2) is 6.61 Å². The number of nitrogens with zero attached hydrogens (tertiary/aromatic N) is 1. The van der Waals surface area contributed by atoms with Crippen LogP contribution in [-0.4, -0.2) is 42.1 Å². The van der Waals surface area contributed by atoms with Crippen molar-refractivity contribution in [3.8, 4) is 0 Å². The van der Waals surface area contributed by atoms with Crippen molar-refractivity contribution in [2.45, 2.75) is 17.7 Å². The second-order valence-corrected chi connectivity index (χ2v) is 5.64. The van der Waals surface area contributed by atoms with E-state index in [0.29, 0.717) is 19.4 Å². The fraction of sp³-hybridized carbons (Fsp3) is 0.312. The van der Waals surface area contributed by atoms with E-state index < -0.39 is 18.5 Å². The summed E-state index contributed by atoms with van der Waals surface area (Å²) in [5.74, 6) is -1.27. The Bertz CT molecular complexity index is 595. The van der Waals surface area contributed by atoms with Gasteiger partial charge in [-0.25, -0.2) is 4.79 Å². The highest BCUT2D eigenvalue weighted by atomic mass is 32.2. The quantitative estimate of drug-likeness (QED) is 0.472. The van der Waals surface area contributed by atoms with Crippen LogP contribution in [0.4, 0.5) is 0 Å². The first-order chi connectivity index (χ1) is 10.6. The number of hydrogen-bond donors (Lipinski definition) is 0. The van der Waals surface area contributed by atoms with Crippen molar-refractivity contribution < 1.29 is 19.1 Å². The normalized spacial score (nSPS) is 14.6. The minimum absolute atomic E-state index is 0.203. The van der Waals surface area contributed by atoms with E-state index in [1.54, 1.807) is 17.8 Å². The number of benzene rings is 1. The molecule has 2 amide bonds. The van der Waals surface area contributed by atoms with E-state index in [9.17, 15) is 14.4 Å². The Morgan fingerprint density at radius 3 is 2.64 bits per heavy atom. The van der Waals surface area contributed by atoms with Crippen molar-refractivity contribution in [1.29, 1.82) is 0 Å². The first-order valence-corrected chi connectivity index (χ1v) is 8.14. The standard InChI is InChI=1S/C16H17NO4S/c1-22-13-7-4-12(5-8-13)6-9-16(20)21-11-15(19)17-10-2-3-14(17)18/h4-9H,2-3,10-11H2,1H3/b9-6+. The van der Waals surface area contributed by atoms with Crippen molar-refractivity contribution >= 4 is 35.6 Å². The number of likely N-dealkylation sites (tertiary alicyclic amines) is 1. The first kappa shape index (κ1) is 16.3. The number of hydrogen-bond acceptors (Lipinski definition) is 5. The molecule has 1 saturated heterocycles. The van der Waals surface area contributed by atoms with E-state index in [1.807, 2.05) is 30.5 Å². The Morgan fingerprint density at radius 2 is 2.05 bits per heavy atom. The summed E-state index contributed by atoms with van der Waals surface area (Å²) in [7, 11) is 0. The number of ether oxygens (including phenoxy) is 1. The molecule has 0 radical (unpaired) electrons. The number of esters is 1. The first-order valence-electron chi connectivity index (χ1n) is 6.92. The Hall–Kier alpha value is -2.08. The van der Waals surface area contributed by atoms with Gasteiger partial charge in [-0.3, -0.25) is 14.5 Å². The molecule has 1 aromatic carbocycles. The minimum atomic E-state index is -0.603. The van der Waals surface area contributed by atoms with Crippen LogP contribution in [0.5, 0.6) is 0 Å². The van der Waals surface area contributed by atoms with Crippen LogP contribution >= 0.6 is 11.8 Å². The minimum Gasteiger partial charge on any atom is -0.452 e. The van der Waals surface area contributed by atoms with Crippen LogP contribution in [0.2, 0.25) is 0 Å². The molecule has 1 heterocycles. The van der Waals surface area contributed by atoms with E-state index in [0.717, 1.165) is 15.4 Å². The van der Waals surface area contributed by atoms with E-state index in [-0.39, 0.29) is 5.91 Å². The topological polar surface area (TPSA) is 63.7 Å². The molecule has 22 heavy (non-hydrogen) atoms. The van der Waals surface area contributed by atoms with Crippen LogP contribution in [0.1, 0.15) is 18.4 Å². The molecule has 0 aliphatic carbocycles. The Morgan fingerprint density at radius 1 is 1.32 bits per heavy atom. The van der Waals surface area contributed by atoms with Crippen LogP contribution in [0.3, 0.4) is 0 Å². The van der Waals surface area contributed by atoms with Crippen LogP contribution in [-0.2, 0) is 19.1 Å². The van der Waals surface area contributed by atoms with Crippen molar-refractivity contribution in [2.75, 3.05) is 19.4 Å². The average molecular weight is 319 g/mol. The highest BCUT2D eigenvalue weighted by Crippen LogP contribution is 2.15. The maximum absolute atomic E-state index is 11.7. The largest absolute Gasteiger partial charge is 0.452 e. The smallest absolute Gasteiger partial charge is 0.331 e. The third kappa shape index (κ3) is 4.46. The van der Waals surface area contributed by atoms with Gasteiger partial charge in [0.05, 0.1) is 0 Å². The monoisotopic (exact) mass is 319 g/mol. The third-order valence-corrected chi connectivity index (χ3v) is 3.98. The van der Waals surface area contributed by atoms with Gasteiger partial charge >= 0.3 is 5.97 Å². The summed E-state index contributed by atoms with van der Waals surface area (Å²) < 4.78 is 4.86. The number of carbonyl (C=O) groups excluding carboxylic acids is 3. The molecule has 2 rings (SSSR count). The summed E-state index contributed by atoms with van der Waals surface area (Å²) >= 11 is 1.64. The lowest BCUT2D eigenvalue weighted by atomic mass is 10.2. The molecule has 1 aromatic rings. The third-order valence-electron chi connectivity index (χ3n) is 3.24. The molecule has 116 valence electrons. The fourth-order valence-electron chi connectivity index (χ4n) is 2.05. The average Bonchev–Trinajstić information content (AvgIpc) is 2.97.